The van der Waals surface area contributed by atoms with Gasteiger partial charge in [0.05, 0.1) is 11.6 Å². The summed E-state index contributed by atoms with van der Waals surface area (Å²) in [7, 11) is 0. The maximum atomic E-state index is 12.6. The Bertz CT molecular complexity index is 690. The molecular weight excluding hydrogens is 313 g/mol. The van der Waals surface area contributed by atoms with Gasteiger partial charge in [0.2, 0.25) is 5.91 Å². The Balaban J connectivity index is 2.09. The molecule has 0 saturated heterocycles. The van der Waals surface area contributed by atoms with Gasteiger partial charge in [-0.1, -0.05) is 12.1 Å². The van der Waals surface area contributed by atoms with Crippen LogP contribution < -0.4 is 5.32 Å². The lowest BCUT2D eigenvalue weighted by atomic mass is 10.1. The van der Waals surface area contributed by atoms with Gasteiger partial charge in [-0.15, -0.1) is 11.3 Å². The maximum absolute atomic E-state index is 12.6. The Hall–Kier alpha value is -2.33. The summed E-state index contributed by atoms with van der Waals surface area (Å²) >= 11 is 1.42. The molecule has 2 rings (SSSR count). The zero-order valence-corrected chi connectivity index (χ0v) is 12.0. The van der Waals surface area contributed by atoms with Gasteiger partial charge >= 0.3 is 6.18 Å². The van der Waals surface area contributed by atoms with E-state index in [4.69, 9.17) is 5.26 Å². The minimum atomic E-state index is -4.48. The number of nitriles is 1. The monoisotopic (exact) mass is 324 g/mol. The van der Waals surface area contributed by atoms with Crippen LogP contribution in [0.2, 0.25) is 0 Å². The van der Waals surface area contributed by atoms with Crippen molar-refractivity contribution in [1.82, 2.24) is 0 Å². The number of carbonyl (C=O) groups excluding carboxylic acids is 1. The molecule has 0 saturated carbocycles. The summed E-state index contributed by atoms with van der Waals surface area (Å²) in [5.74, 6) is -1.57. The maximum Gasteiger partial charge on any atom is 0.416 e. The van der Waals surface area contributed by atoms with Crippen molar-refractivity contribution in [2.75, 3.05) is 5.32 Å². The van der Waals surface area contributed by atoms with E-state index in [1.54, 1.807) is 12.1 Å². The van der Waals surface area contributed by atoms with Crippen molar-refractivity contribution < 1.29 is 18.0 Å². The summed E-state index contributed by atoms with van der Waals surface area (Å²) in [6.45, 7) is 0. The normalized spacial score (nSPS) is 12.5. The third-order valence-electron chi connectivity index (χ3n) is 2.92. The van der Waals surface area contributed by atoms with Crippen molar-refractivity contribution in [1.29, 1.82) is 5.26 Å². The smallest absolute Gasteiger partial charge is 0.325 e. The van der Waals surface area contributed by atoms with Gasteiger partial charge in [0.1, 0.15) is 5.92 Å². The van der Waals surface area contributed by atoms with Gasteiger partial charge in [0.15, 0.2) is 0 Å². The van der Waals surface area contributed by atoms with Crippen molar-refractivity contribution in [2.24, 2.45) is 5.92 Å². The fourth-order valence-electron chi connectivity index (χ4n) is 1.83. The summed E-state index contributed by atoms with van der Waals surface area (Å²) in [4.78, 5) is 12.9. The number of amides is 1. The second-order valence-electron chi connectivity index (χ2n) is 4.53. The third kappa shape index (κ3) is 4.09. The molecule has 3 nitrogen and oxygen atoms in total. The topological polar surface area (TPSA) is 52.9 Å². The summed E-state index contributed by atoms with van der Waals surface area (Å²) in [6, 6.07) is 9.81. The third-order valence-corrected chi connectivity index (χ3v) is 3.81. The molecule has 0 aliphatic carbocycles. The van der Waals surface area contributed by atoms with E-state index in [-0.39, 0.29) is 12.1 Å². The molecule has 114 valence electrons. The number of nitrogens with zero attached hydrogens (tertiary/aromatic N) is 1. The molecular formula is C15H11F3N2OS. The number of benzene rings is 1. The molecule has 1 amide bonds. The van der Waals surface area contributed by atoms with Crippen molar-refractivity contribution >= 4 is 22.9 Å². The van der Waals surface area contributed by atoms with Crippen LogP contribution in [0, 0.1) is 17.2 Å². The van der Waals surface area contributed by atoms with E-state index in [2.05, 4.69) is 5.32 Å². The Morgan fingerprint density at radius 1 is 1.32 bits per heavy atom. The highest BCUT2D eigenvalue weighted by Gasteiger charge is 2.30. The van der Waals surface area contributed by atoms with Crippen molar-refractivity contribution in [3.8, 4) is 6.07 Å². The number of hydrogen-bond donors (Lipinski definition) is 1. The van der Waals surface area contributed by atoms with Crippen molar-refractivity contribution in [3.63, 3.8) is 0 Å². The lowest BCUT2D eigenvalue weighted by Crippen LogP contribution is -2.23. The number of carbonyl (C=O) groups is 1. The van der Waals surface area contributed by atoms with E-state index in [0.29, 0.717) is 0 Å². The van der Waals surface area contributed by atoms with Crippen LogP contribution in [0.3, 0.4) is 0 Å². The Labute approximate surface area is 129 Å². The van der Waals surface area contributed by atoms with E-state index in [1.807, 2.05) is 11.4 Å². The summed E-state index contributed by atoms with van der Waals surface area (Å²) in [5, 5.41) is 13.3. The van der Waals surface area contributed by atoms with Crippen LogP contribution in [0.25, 0.3) is 0 Å². The van der Waals surface area contributed by atoms with Crippen LogP contribution in [0.15, 0.2) is 41.8 Å². The van der Waals surface area contributed by atoms with Gasteiger partial charge < -0.3 is 5.32 Å². The molecule has 0 bridgehead atoms. The molecule has 22 heavy (non-hydrogen) atoms. The molecule has 1 aromatic carbocycles. The molecule has 1 N–H and O–H groups in total. The van der Waals surface area contributed by atoms with Crippen molar-refractivity contribution in [2.45, 2.75) is 12.6 Å². The molecule has 1 atom stereocenters. The van der Waals surface area contributed by atoms with Crippen LogP contribution >= 0.6 is 11.3 Å². The molecule has 0 unspecified atom stereocenters. The molecule has 2 aromatic rings. The highest BCUT2D eigenvalue weighted by molar-refractivity contribution is 7.09. The quantitative estimate of drug-likeness (QED) is 0.921. The predicted molar refractivity (Wildman–Crippen MR) is 77.2 cm³/mol. The number of alkyl halides is 3. The zero-order chi connectivity index (χ0) is 16.2. The van der Waals surface area contributed by atoms with Gasteiger partial charge in [-0.05, 0) is 29.6 Å². The number of rotatable bonds is 4. The minimum Gasteiger partial charge on any atom is -0.325 e. The number of nitrogens with one attached hydrogen (secondary N) is 1. The lowest BCUT2D eigenvalue weighted by molar-refractivity contribution is -0.137. The van der Waals surface area contributed by atoms with Gasteiger partial charge in [-0.25, -0.2) is 0 Å². The Morgan fingerprint density at radius 2 is 2.09 bits per heavy atom. The lowest BCUT2D eigenvalue weighted by Gasteiger charge is -2.12. The predicted octanol–water partition coefficient (Wildman–Crippen LogP) is 4.09. The van der Waals surface area contributed by atoms with E-state index in [0.717, 1.165) is 17.0 Å². The van der Waals surface area contributed by atoms with E-state index in [9.17, 15) is 18.0 Å². The number of halogens is 3. The molecule has 7 heteroatoms. The molecule has 1 aromatic heterocycles. The van der Waals surface area contributed by atoms with Crippen LogP contribution in [0.5, 0.6) is 0 Å². The zero-order valence-electron chi connectivity index (χ0n) is 11.2. The van der Waals surface area contributed by atoms with Crippen LogP contribution in [-0.4, -0.2) is 5.91 Å². The minimum absolute atomic E-state index is 0.0197. The molecule has 0 aliphatic rings. The second-order valence-corrected chi connectivity index (χ2v) is 5.57. The Kier molecular flexibility index (Phi) is 4.83. The largest absolute Gasteiger partial charge is 0.416 e. The summed E-state index contributed by atoms with van der Waals surface area (Å²) in [6.07, 6.45) is -4.24. The number of thiophene rings is 1. The van der Waals surface area contributed by atoms with Crippen molar-refractivity contribution in [3.05, 3.63) is 52.2 Å². The van der Waals surface area contributed by atoms with Gasteiger partial charge in [-0.2, -0.15) is 18.4 Å². The van der Waals surface area contributed by atoms with E-state index >= 15 is 0 Å². The van der Waals surface area contributed by atoms with Crippen LogP contribution in [-0.2, 0) is 17.4 Å². The molecule has 0 aliphatic heterocycles. The molecule has 1 heterocycles. The van der Waals surface area contributed by atoms with Crippen LogP contribution in [0.4, 0.5) is 18.9 Å². The number of hydrogen-bond acceptors (Lipinski definition) is 3. The highest BCUT2D eigenvalue weighted by Crippen LogP contribution is 2.30. The first kappa shape index (κ1) is 16.0. The summed E-state index contributed by atoms with van der Waals surface area (Å²) < 4.78 is 37.9. The molecule has 0 radical (unpaired) electrons. The first-order valence-electron chi connectivity index (χ1n) is 6.30. The SMILES string of the molecule is N#C[C@H](Cc1cccs1)C(=O)Nc1cccc(C(F)(F)F)c1. The molecule has 0 spiro atoms. The summed E-state index contributed by atoms with van der Waals surface area (Å²) in [5.41, 5.74) is -0.830. The van der Waals surface area contributed by atoms with Gasteiger partial charge in [0.25, 0.3) is 0 Å². The van der Waals surface area contributed by atoms with Gasteiger partial charge in [-0.3, -0.25) is 4.79 Å². The standard InChI is InChI=1S/C15H11F3N2OS/c16-15(17,18)11-3-1-4-12(8-11)20-14(21)10(9-19)7-13-5-2-6-22-13/h1-6,8,10H,7H2,(H,20,21)/t10-/m0/s1. The van der Waals surface area contributed by atoms with E-state index in [1.165, 1.54) is 23.5 Å². The average Bonchev–Trinajstić information content (AvgIpc) is 2.97. The van der Waals surface area contributed by atoms with E-state index < -0.39 is 23.6 Å². The van der Waals surface area contributed by atoms with Gasteiger partial charge in [0, 0.05) is 17.0 Å². The second kappa shape index (κ2) is 6.62. The molecule has 0 fully saturated rings. The number of anilines is 1. The average molecular weight is 324 g/mol. The highest BCUT2D eigenvalue weighted by atomic mass is 32.1. The first-order valence-corrected chi connectivity index (χ1v) is 7.18. The van der Waals surface area contributed by atoms with Crippen LogP contribution in [0.1, 0.15) is 10.4 Å². The fourth-order valence-corrected chi connectivity index (χ4v) is 2.58. The Morgan fingerprint density at radius 3 is 2.68 bits per heavy atom. The fraction of sp³-hybridized carbons (Fsp3) is 0.200. The first-order chi connectivity index (χ1) is 10.4.